The van der Waals surface area contributed by atoms with Crippen LogP contribution in [-0.2, 0) is 4.74 Å². The molecule has 0 aromatic heterocycles. The van der Waals surface area contributed by atoms with Crippen LogP contribution in [0.4, 0.5) is 0 Å². The van der Waals surface area contributed by atoms with E-state index in [2.05, 4.69) is 31.0 Å². The molecule has 13 heavy (non-hydrogen) atoms. The van der Waals surface area contributed by atoms with Crippen LogP contribution in [0, 0.1) is 0 Å². The van der Waals surface area contributed by atoms with Crippen molar-refractivity contribution in [1.29, 1.82) is 0 Å². The van der Waals surface area contributed by atoms with Gasteiger partial charge in [-0.05, 0) is 20.4 Å². The Morgan fingerprint density at radius 3 is 2.46 bits per heavy atom. The molecule has 0 atom stereocenters. The van der Waals surface area contributed by atoms with E-state index in [1.807, 2.05) is 0 Å². The van der Waals surface area contributed by atoms with Crippen molar-refractivity contribution >= 4 is 0 Å². The summed E-state index contributed by atoms with van der Waals surface area (Å²) in [5, 5.41) is 3.49. The number of hydrogen-bond acceptors (Lipinski definition) is 3. The van der Waals surface area contributed by atoms with Crippen molar-refractivity contribution in [3.8, 4) is 0 Å². The van der Waals surface area contributed by atoms with Crippen LogP contribution < -0.4 is 5.32 Å². The molecule has 1 fully saturated rings. The molecule has 0 unspecified atom stereocenters. The second-order valence-corrected chi connectivity index (χ2v) is 4.30. The molecule has 1 aliphatic heterocycles. The Kier molecular flexibility index (Phi) is 4.16. The van der Waals surface area contributed by atoms with Crippen molar-refractivity contribution in [3.05, 3.63) is 0 Å². The molecule has 0 amide bonds. The minimum Gasteiger partial charge on any atom is -0.379 e. The maximum absolute atomic E-state index is 5.31. The molecule has 0 radical (unpaired) electrons. The summed E-state index contributed by atoms with van der Waals surface area (Å²) in [6.45, 7) is 12.8. The first-order valence-corrected chi connectivity index (χ1v) is 5.19. The molecule has 0 aromatic carbocycles. The Hall–Kier alpha value is -0.120. The second-order valence-electron chi connectivity index (χ2n) is 4.30. The van der Waals surface area contributed by atoms with Gasteiger partial charge in [0.2, 0.25) is 0 Å². The van der Waals surface area contributed by atoms with Gasteiger partial charge in [-0.3, -0.25) is 4.90 Å². The fourth-order valence-electron chi connectivity index (χ4n) is 1.85. The van der Waals surface area contributed by atoms with E-state index < -0.39 is 0 Å². The van der Waals surface area contributed by atoms with E-state index in [1.165, 1.54) is 0 Å². The quantitative estimate of drug-likeness (QED) is 0.699. The monoisotopic (exact) mass is 186 g/mol. The van der Waals surface area contributed by atoms with Crippen LogP contribution in [0.2, 0.25) is 0 Å². The number of nitrogens with one attached hydrogen (secondary N) is 1. The van der Waals surface area contributed by atoms with Gasteiger partial charge in [0.05, 0.1) is 13.2 Å². The van der Waals surface area contributed by atoms with Crippen LogP contribution >= 0.6 is 0 Å². The maximum atomic E-state index is 5.31. The number of morpholine rings is 1. The summed E-state index contributed by atoms with van der Waals surface area (Å²) in [4.78, 5) is 2.46. The number of hydrogen-bond donors (Lipinski definition) is 1. The highest BCUT2D eigenvalue weighted by atomic mass is 16.5. The Morgan fingerprint density at radius 1 is 1.31 bits per heavy atom. The molecule has 1 rings (SSSR count). The molecule has 3 nitrogen and oxygen atoms in total. The minimum atomic E-state index is 0.228. The zero-order chi connectivity index (χ0) is 9.73. The largest absolute Gasteiger partial charge is 0.379 e. The average Bonchev–Trinajstić information content (AvgIpc) is 2.04. The normalized spacial score (nSPS) is 20.5. The number of ether oxygens (including phenoxy) is 1. The van der Waals surface area contributed by atoms with Crippen molar-refractivity contribution in [1.82, 2.24) is 10.2 Å². The van der Waals surface area contributed by atoms with Gasteiger partial charge in [0.1, 0.15) is 0 Å². The van der Waals surface area contributed by atoms with Gasteiger partial charge in [-0.25, -0.2) is 0 Å². The van der Waals surface area contributed by atoms with Crippen molar-refractivity contribution < 1.29 is 4.74 Å². The van der Waals surface area contributed by atoms with Gasteiger partial charge in [-0.1, -0.05) is 6.92 Å². The van der Waals surface area contributed by atoms with E-state index in [9.17, 15) is 0 Å². The minimum absolute atomic E-state index is 0.228. The molecular formula is C10H22N2O. The lowest BCUT2D eigenvalue weighted by molar-refractivity contribution is 0.0272. The number of nitrogens with zero attached hydrogens (tertiary/aromatic N) is 1. The first-order valence-electron chi connectivity index (χ1n) is 5.19. The molecule has 0 aliphatic carbocycles. The summed E-state index contributed by atoms with van der Waals surface area (Å²) in [5.41, 5.74) is 0.228. The van der Waals surface area contributed by atoms with Crippen LogP contribution in [0.25, 0.3) is 0 Å². The van der Waals surface area contributed by atoms with Gasteiger partial charge in [0, 0.05) is 25.2 Å². The summed E-state index contributed by atoms with van der Waals surface area (Å²) < 4.78 is 5.31. The lowest BCUT2D eigenvalue weighted by atomic mass is 10.0. The van der Waals surface area contributed by atoms with E-state index >= 15 is 0 Å². The van der Waals surface area contributed by atoms with Gasteiger partial charge in [0.15, 0.2) is 0 Å². The molecule has 0 saturated carbocycles. The predicted octanol–water partition coefficient (Wildman–Crippen LogP) is 0.707. The van der Waals surface area contributed by atoms with Crippen molar-refractivity contribution in [3.63, 3.8) is 0 Å². The number of likely N-dealkylation sites (N-methyl/N-ethyl adjacent to an activating group) is 1. The average molecular weight is 186 g/mol. The molecule has 0 spiro atoms. The SMILES string of the molecule is CCNC(C)(C)CN1CCOCC1. The molecule has 78 valence electrons. The smallest absolute Gasteiger partial charge is 0.0594 e. The highest BCUT2D eigenvalue weighted by molar-refractivity contribution is 4.81. The van der Waals surface area contributed by atoms with Crippen LogP contribution in [0.5, 0.6) is 0 Å². The third kappa shape index (κ3) is 4.07. The first kappa shape index (κ1) is 11.0. The predicted molar refractivity (Wildman–Crippen MR) is 55.0 cm³/mol. The van der Waals surface area contributed by atoms with Crippen molar-refractivity contribution in [2.24, 2.45) is 0 Å². The molecule has 1 saturated heterocycles. The topological polar surface area (TPSA) is 24.5 Å². The summed E-state index contributed by atoms with van der Waals surface area (Å²) in [6, 6.07) is 0. The van der Waals surface area contributed by atoms with E-state index in [4.69, 9.17) is 4.74 Å². The third-order valence-electron chi connectivity index (χ3n) is 2.38. The summed E-state index contributed by atoms with van der Waals surface area (Å²) in [5.74, 6) is 0. The van der Waals surface area contributed by atoms with E-state index in [0.717, 1.165) is 39.4 Å². The Labute approximate surface area is 81.4 Å². The fourth-order valence-corrected chi connectivity index (χ4v) is 1.85. The van der Waals surface area contributed by atoms with Crippen LogP contribution in [0.3, 0.4) is 0 Å². The highest BCUT2D eigenvalue weighted by Crippen LogP contribution is 2.07. The lowest BCUT2D eigenvalue weighted by Gasteiger charge is -2.35. The lowest BCUT2D eigenvalue weighted by Crippen LogP contribution is -2.51. The Balaban J connectivity index is 2.28. The Bertz CT molecular complexity index is 142. The van der Waals surface area contributed by atoms with Gasteiger partial charge >= 0.3 is 0 Å². The molecule has 0 bridgehead atoms. The zero-order valence-electron chi connectivity index (χ0n) is 9.10. The van der Waals surface area contributed by atoms with E-state index in [1.54, 1.807) is 0 Å². The van der Waals surface area contributed by atoms with Gasteiger partial charge in [0.25, 0.3) is 0 Å². The van der Waals surface area contributed by atoms with Gasteiger partial charge < -0.3 is 10.1 Å². The van der Waals surface area contributed by atoms with E-state index in [0.29, 0.717) is 0 Å². The molecule has 1 heterocycles. The summed E-state index contributed by atoms with van der Waals surface area (Å²) in [6.07, 6.45) is 0. The molecule has 1 aliphatic rings. The van der Waals surface area contributed by atoms with Gasteiger partial charge in [-0.2, -0.15) is 0 Å². The van der Waals surface area contributed by atoms with Crippen molar-refractivity contribution in [2.75, 3.05) is 39.4 Å². The molecule has 3 heteroatoms. The molecular weight excluding hydrogens is 164 g/mol. The van der Waals surface area contributed by atoms with Crippen LogP contribution in [0.1, 0.15) is 20.8 Å². The highest BCUT2D eigenvalue weighted by Gasteiger charge is 2.21. The van der Waals surface area contributed by atoms with Crippen molar-refractivity contribution in [2.45, 2.75) is 26.3 Å². The summed E-state index contributed by atoms with van der Waals surface area (Å²) in [7, 11) is 0. The number of rotatable bonds is 4. The fraction of sp³-hybridized carbons (Fsp3) is 1.00. The first-order chi connectivity index (χ1) is 6.14. The second kappa shape index (κ2) is 4.94. The van der Waals surface area contributed by atoms with E-state index in [-0.39, 0.29) is 5.54 Å². The Morgan fingerprint density at radius 2 is 1.92 bits per heavy atom. The zero-order valence-corrected chi connectivity index (χ0v) is 9.10. The third-order valence-corrected chi connectivity index (χ3v) is 2.38. The molecule has 1 N–H and O–H groups in total. The molecule has 0 aromatic rings. The standard InChI is InChI=1S/C10H22N2O/c1-4-11-10(2,3)9-12-5-7-13-8-6-12/h11H,4-9H2,1-3H3. The van der Waals surface area contributed by atoms with Crippen LogP contribution in [-0.4, -0.2) is 49.8 Å². The maximum Gasteiger partial charge on any atom is 0.0594 e. The summed E-state index contributed by atoms with van der Waals surface area (Å²) >= 11 is 0. The van der Waals surface area contributed by atoms with Gasteiger partial charge in [-0.15, -0.1) is 0 Å². The van der Waals surface area contributed by atoms with Crippen LogP contribution in [0.15, 0.2) is 0 Å².